The highest BCUT2D eigenvalue weighted by atomic mass is 16.5. The fraction of sp³-hybridized carbons (Fsp3) is 0.923. The van der Waals surface area contributed by atoms with Crippen molar-refractivity contribution in [1.82, 2.24) is 5.32 Å². The van der Waals surface area contributed by atoms with Crippen LogP contribution in [0.2, 0.25) is 0 Å². The fourth-order valence-corrected chi connectivity index (χ4v) is 3.32. The van der Waals surface area contributed by atoms with Crippen molar-refractivity contribution in [2.24, 2.45) is 17.8 Å². The molecule has 0 radical (unpaired) electrons. The molecule has 0 amide bonds. The van der Waals surface area contributed by atoms with Gasteiger partial charge in [-0.15, -0.1) is 0 Å². The van der Waals surface area contributed by atoms with Gasteiger partial charge >= 0.3 is 5.97 Å². The molecular formula is C13H23NO2. The minimum absolute atomic E-state index is 0.0517. The predicted molar refractivity (Wildman–Crippen MR) is 63.0 cm³/mol. The average molecular weight is 225 g/mol. The molecule has 0 spiro atoms. The van der Waals surface area contributed by atoms with Crippen molar-refractivity contribution in [3.8, 4) is 0 Å². The first-order chi connectivity index (χ1) is 7.61. The Morgan fingerprint density at radius 2 is 2.06 bits per heavy atom. The van der Waals surface area contributed by atoms with Crippen molar-refractivity contribution in [2.45, 2.75) is 51.6 Å². The van der Waals surface area contributed by atoms with Crippen molar-refractivity contribution in [1.29, 1.82) is 0 Å². The molecular weight excluding hydrogens is 202 g/mol. The Kier molecular flexibility index (Phi) is 3.53. The average Bonchev–Trinajstić information content (AvgIpc) is 2.88. The van der Waals surface area contributed by atoms with Crippen LogP contribution in [0.5, 0.6) is 0 Å². The molecule has 16 heavy (non-hydrogen) atoms. The maximum absolute atomic E-state index is 11.4. The second-order valence-corrected chi connectivity index (χ2v) is 5.55. The molecule has 1 N–H and O–H groups in total. The van der Waals surface area contributed by atoms with Crippen LogP contribution in [0.25, 0.3) is 0 Å². The molecule has 0 aromatic rings. The summed E-state index contributed by atoms with van der Waals surface area (Å²) in [5.41, 5.74) is 0. The topological polar surface area (TPSA) is 38.3 Å². The van der Waals surface area contributed by atoms with E-state index in [0.29, 0.717) is 6.04 Å². The summed E-state index contributed by atoms with van der Waals surface area (Å²) in [5, 5.41) is 3.62. The van der Waals surface area contributed by atoms with Gasteiger partial charge in [-0.3, -0.25) is 4.79 Å². The molecule has 2 saturated carbocycles. The second kappa shape index (κ2) is 4.74. The molecule has 2 aliphatic carbocycles. The van der Waals surface area contributed by atoms with Gasteiger partial charge in [-0.1, -0.05) is 13.3 Å². The summed E-state index contributed by atoms with van der Waals surface area (Å²) in [6, 6.07) is 0.859. The standard InChI is InChI=1S/C13H23NO2/c1-8(13(15)16-3)9(2)14-12-7-10-4-5-11(12)6-10/h8-12,14H,4-7H2,1-3H3. The fourth-order valence-electron chi connectivity index (χ4n) is 3.32. The van der Waals surface area contributed by atoms with E-state index in [2.05, 4.69) is 12.2 Å². The quantitative estimate of drug-likeness (QED) is 0.743. The maximum atomic E-state index is 11.4. The van der Waals surface area contributed by atoms with E-state index in [1.807, 2.05) is 6.92 Å². The van der Waals surface area contributed by atoms with Crippen molar-refractivity contribution in [3.05, 3.63) is 0 Å². The van der Waals surface area contributed by atoms with Crippen LogP contribution in [-0.2, 0) is 9.53 Å². The van der Waals surface area contributed by atoms with E-state index in [1.165, 1.54) is 32.8 Å². The summed E-state index contributed by atoms with van der Waals surface area (Å²) < 4.78 is 4.78. The number of carbonyl (C=O) groups is 1. The third-order valence-corrected chi connectivity index (χ3v) is 4.54. The van der Waals surface area contributed by atoms with Gasteiger partial charge in [0.2, 0.25) is 0 Å². The number of carbonyl (C=O) groups excluding carboxylic acids is 1. The Hall–Kier alpha value is -0.570. The third kappa shape index (κ3) is 2.24. The molecule has 92 valence electrons. The number of nitrogens with one attached hydrogen (secondary N) is 1. The van der Waals surface area contributed by atoms with E-state index in [0.717, 1.165) is 11.8 Å². The lowest BCUT2D eigenvalue weighted by Gasteiger charge is -2.29. The molecule has 2 bridgehead atoms. The summed E-state index contributed by atoms with van der Waals surface area (Å²) in [4.78, 5) is 11.4. The van der Waals surface area contributed by atoms with Crippen LogP contribution in [0.15, 0.2) is 0 Å². The minimum atomic E-state index is -0.108. The molecule has 2 rings (SSSR count). The highest BCUT2D eigenvalue weighted by Crippen LogP contribution is 2.44. The van der Waals surface area contributed by atoms with Crippen LogP contribution in [0.4, 0.5) is 0 Å². The van der Waals surface area contributed by atoms with Gasteiger partial charge in [0.25, 0.3) is 0 Å². The van der Waals surface area contributed by atoms with Gasteiger partial charge in [-0.05, 0) is 38.0 Å². The van der Waals surface area contributed by atoms with Crippen LogP contribution in [0.3, 0.4) is 0 Å². The highest BCUT2D eigenvalue weighted by molar-refractivity contribution is 5.72. The van der Waals surface area contributed by atoms with E-state index < -0.39 is 0 Å². The molecule has 2 aliphatic rings. The van der Waals surface area contributed by atoms with Gasteiger partial charge in [-0.25, -0.2) is 0 Å². The summed E-state index contributed by atoms with van der Waals surface area (Å²) in [6.07, 6.45) is 5.51. The lowest BCUT2D eigenvalue weighted by Crippen LogP contribution is -2.45. The molecule has 0 aromatic heterocycles. The number of esters is 1. The van der Waals surface area contributed by atoms with E-state index in [9.17, 15) is 4.79 Å². The van der Waals surface area contributed by atoms with E-state index in [4.69, 9.17) is 4.74 Å². The summed E-state index contributed by atoms with van der Waals surface area (Å²) in [5.74, 6) is 1.65. The zero-order chi connectivity index (χ0) is 11.7. The van der Waals surface area contributed by atoms with Gasteiger partial charge in [-0.2, -0.15) is 0 Å². The van der Waals surface area contributed by atoms with Crippen molar-refractivity contribution >= 4 is 5.97 Å². The van der Waals surface area contributed by atoms with Crippen LogP contribution in [-0.4, -0.2) is 25.2 Å². The van der Waals surface area contributed by atoms with Crippen molar-refractivity contribution < 1.29 is 9.53 Å². The number of methoxy groups -OCH3 is 1. The molecule has 0 aromatic carbocycles. The molecule has 0 saturated heterocycles. The maximum Gasteiger partial charge on any atom is 0.309 e. The molecule has 3 nitrogen and oxygen atoms in total. The molecule has 0 aliphatic heterocycles. The zero-order valence-electron chi connectivity index (χ0n) is 10.5. The zero-order valence-corrected chi connectivity index (χ0v) is 10.5. The first-order valence-electron chi connectivity index (χ1n) is 6.45. The number of hydrogen-bond acceptors (Lipinski definition) is 3. The normalized spacial score (nSPS) is 36.1. The van der Waals surface area contributed by atoms with Gasteiger partial charge in [0, 0.05) is 12.1 Å². The Labute approximate surface area is 97.9 Å². The summed E-state index contributed by atoms with van der Waals surface area (Å²) in [6.45, 7) is 4.03. The van der Waals surface area contributed by atoms with Crippen LogP contribution < -0.4 is 5.32 Å². The highest BCUT2D eigenvalue weighted by Gasteiger charge is 2.40. The Bertz CT molecular complexity index is 267. The lowest BCUT2D eigenvalue weighted by molar-refractivity contribution is -0.145. The second-order valence-electron chi connectivity index (χ2n) is 5.55. The number of rotatable bonds is 4. The van der Waals surface area contributed by atoms with Crippen LogP contribution >= 0.6 is 0 Å². The first kappa shape index (κ1) is 11.9. The van der Waals surface area contributed by atoms with Crippen LogP contribution in [0.1, 0.15) is 39.5 Å². The van der Waals surface area contributed by atoms with Crippen molar-refractivity contribution in [2.75, 3.05) is 7.11 Å². The molecule has 2 fully saturated rings. The van der Waals surface area contributed by atoms with Gasteiger partial charge in [0.1, 0.15) is 0 Å². The Morgan fingerprint density at radius 3 is 2.56 bits per heavy atom. The van der Waals surface area contributed by atoms with Gasteiger partial charge < -0.3 is 10.1 Å². The van der Waals surface area contributed by atoms with Crippen LogP contribution in [0, 0.1) is 17.8 Å². The summed E-state index contributed by atoms with van der Waals surface area (Å²) in [7, 11) is 1.46. The Morgan fingerprint density at radius 1 is 1.31 bits per heavy atom. The third-order valence-electron chi connectivity index (χ3n) is 4.54. The number of ether oxygens (including phenoxy) is 1. The molecule has 3 heteroatoms. The lowest BCUT2D eigenvalue weighted by atomic mass is 9.93. The van der Waals surface area contributed by atoms with Crippen molar-refractivity contribution in [3.63, 3.8) is 0 Å². The predicted octanol–water partition coefficient (Wildman–Crippen LogP) is 1.96. The molecule has 0 heterocycles. The number of fused-ring (bicyclic) bond motifs is 2. The smallest absolute Gasteiger partial charge is 0.309 e. The largest absolute Gasteiger partial charge is 0.469 e. The van der Waals surface area contributed by atoms with Gasteiger partial charge in [0.15, 0.2) is 0 Å². The minimum Gasteiger partial charge on any atom is -0.469 e. The Balaban J connectivity index is 1.83. The number of hydrogen-bond donors (Lipinski definition) is 1. The first-order valence-corrected chi connectivity index (χ1v) is 6.45. The van der Waals surface area contributed by atoms with E-state index in [1.54, 1.807) is 0 Å². The van der Waals surface area contributed by atoms with E-state index >= 15 is 0 Å². The monoisotopic (exact) mass is 225 g/mol. The van der Waals surface area contributed by atoms with E-state index in [-0.39, 0.29) is 17.9 Å². The summed E-state index contributed by atoms with van der Waals surface area (Å²) >= 11 is 0. The molecule has 5 unspecified atom stereocenters. The van der Waals surface area contributed by atoms with Gasteiger partial charge in [0.05, 0.1) is 13.0 Å². The molecule has 5 atom stereocenters. The SMILES string of the molecule is COC(=O)C(C)C(C)NC1CC2CCC1C2.